The van der Waals surface area contributed by atoms with E-state index in [2.05, 4.69) is 0 Å². The van der Waals surface area contributed by atoms with Crippen LogP contribution in [0.15, 0.2) is 18.2 Å². The molecule has 1 fully saturated rings. The standard InChI is InChI=1S/C14H15F3O4/c1-13(2)20-8-11(21-13)7-19-10-4-3-9(6-18)12(5-10)14(15,16)17/h3-6,11H,7-8H2,1-2H3. The monoisotopic (exact) mass is 304 g/mol. The fourth-order valence-electron chi connectivity index (χ4n) is 2.01. The molecule has 0 saturated carbocycles. The Morgan fingerprint density at radius 3 is 2.67 bits per heavy atom. The lowest BCUT2D eigenvalue weighted by Crippen LogP contribution is -2.25. The second kappa shape index (κ2) is 5.65. The summed E-state index contributed by atoms with van der Waals surface area (Å²) in [6.45, 7) is 3.87. The summed E-state index contributed by atoms with van der Waals surface area (Å²) in [5.41, 5.74) is -1.43. The minimum absolute atomic E-state index is 0.0289. The summed E-state index contributed by atoms with van der Waals surface area (Å²) < 4.78 is 54.5. The van der Waals surface area contributed by atoms with Crippen LogP contribution >= 0.6 is 0 Å². The summed E-state index contributed by atoms with van der Waals surface area (Å²) in [5, 5.41) is 0. The second-order valence-corrected chi connectivity index (χ2v) is 5.13. The number of rotatable bonds is 4. The molecule has 2 rings (SSSR count). The number of alkyl halides is 3. The van der Waals surface area contributed by atoms with Crippen LogP contribution in [0.1, 0.15) is 29.8 Å². The summed E-state index contributed by atoms with van der Waals surface area (Å²) in [6.07, 6.45) is -4.78. The zero-order valence-electron chi connectivity index (χ0n) is 11.6. The highest BCUT2D eigenvalue weighted by Crippen LogP contribution is 2.34. The molecule has 1 aliphatic rings. The smallest absolute Gasteiger partial charge is 0.417 e. The fraction of sp³-hybridized carbons (Fsp3) is 0.500. The first-order valence-electron chi connectivity index (χ1n) is 6.32. The van der Waals surface area contributed by atoms with Crippen molar-refractivity contribution >= 4 is 6.29 Å². The van der Waals surface area contributed by atoms with Crippen LogP contribution in [0, 0.1) is 0 Å². The number of carbonyl (C=O) groups is 1. The first-order chi connectivity index (χ1) is 9.71. The highest BCUT2D eigenvalue weighted by molar-refractivity contribution is 5.78. The van der Waals surface area contributed by atoms with Crippen molar-refractivity contribution in [3.8, 4) is 5.75 Å². The molecule has 116 valence electrons. The highest BCUT2D eigenvalue weighted by atomic mass is 19.4. The van der Waals surface area contributed by atoms with Crippen molar-refractivity contribution < 1.29 is 32.2 Å². The molecule has 0 spiro atoms. The van der Waals surface area contributed by atoms with Crippen LogP contribution in [-0.4, -0.2) is 31.4 Å². The van der Waals surface area contributed by atoms with Crippen molar-refractivity contribution in [2.45, 2.75) is 31.9 Å². The third-order valence-electron chi connectivity index (χ3n) is 2.96. The molecule has 0 N–H and O–H groups in total. The van der Waals surface area contributed by atoms with Crippen molar-refractivity contribution in [2.75, 3.05) is 13.2 Å². The van der Waals surface area contributed by atoms with Gasteiger partial charge in [-0.15, -0.1) is 0 Å². The van der Waals surface area contributed by atoms with Gasteiger partial charge in [-0.3, -0.25) is 4.79 Å². The van der Waals surface area contributed by atoms with Gasteiger partial charge in [-0.1, -0.05) is 0 Å². The van der Waals surface area contributed by atoms with Crippen LogP contribution in [0.2, 0.25) is 0 Å². The molecule has 1 aromatic rings. The van der Waals surface area contributed by atoms with Gasteiger partial charge in [0, 0.05) is 5.56 Å². The van der Waals surface area contributed by atoms with E-state index in [0.29, 0.717) is 6.61 Å². The Morgan fingerprint density at radius 1 is 1.43 bits per heavy atom. The molecule has 1 heterocycles. The minimum atomic E-state index is -4.61. The average molecular weight is 304 g/mol. The lowest BCUT2D eigenvalue weighted by molar-refractivity contribution is -0.141. The molecule has 0 aliphatic carbocycles. The van der Waals surface area contributed by atoms with Crippen LogP contribution in [-0.2, 0) is 15.7 Å². The molecule has 7 heteroatoms. The third kappa shape index (κ3) is 3.95. The molecular weight excluding hydrogens is 289 g/mol. The van der Waals surface area contributed by atoms with Crippen LogP contribution in [0.3, 0.4) is 0 Å². The first kappa shape index (κ1) is 15.8. The average Bonchev–Trinajstić information content (AvgIpc) is 2.74. The Kier molecular flexibility index (Phi) is 4.25. The van der Waals surface area contributed by atoms with E-state index in [-0.39, 0.29) is 24.7 Å². The molecule has 1 saturated heterocycles. The Labute approximate surface area is 119 Å². The van der Waals surface area contributed by atoms with E-state index in [1.54, 1.807) is 13.8 Å². The van der Waals surface area contributed by atoms with Crippen LogP contribution in [0.4, 0.5) is 13.2 Å². The zero-order valence-corrected chi connectivity index (χ0v) is 11.6. The van der Waals surface area contributed by atoms with Crippen LogP contribution in [0.5, 0.6) is 5.75 Å². The maximum Gasteiger partial charge on any atom is 0.417 e. The van der Waals surface area contributed by atoms with Gasteiger partial charge in [-0.05, 0) is 32.0 Å². The van der Waals surface area contributed by atoms with Gasteiger partial charge in [0.2, 0.25) is 0 Å². The van der Waals surface area contributed by atoms with Gasteiger partial charge in [0.15, 0.2) is 12.1 Å². The summed E-state index contributed by atoms with van der Waals surface area (Å²) in [7, 11) is 0. The van der Waals surface area contributed by atoms with Gasteiger partial charge in [-0.25, -0.2) is 0 Å². The van der Waals surface area contributed by atoms with Crippen molar-refractivity contribution in [3.05, 3.63) is 29.3 Å². The quantitative estimate of drug-likeness (QED) is 0.802. The second-order valence-electron chi connectivity index (χ2n) is 5.13. The summed E-state index contributed by atoms with van der Waals surface area (Å²) >= 11 is 0. The van der Waals surface area contributed by atoms with Gasteiger partial charge in [0.05, 0.1) is 12.2 Å². The third-order valence-corrected chi connectivity index (χ3v) is 2.96. The molecule has 0 bridgehead atoms. The molecule has 1 aliphatic heterocycles. The lowest BCUT2D eigenvalue weighted by atomic mass is 10.1. The summed E-state index contributed by atoms with van der Waals surface area (Å²) in [4.78, 5) is 10.6. The maximum absolute atomic E-state index is 12.8. The Bertz CT molecular complexity index is 525. The van der Waals surface area contributed by atoms with E-state index < -0.39 is 23.1 Å². The van der Waals surface area contributed by atoms with E-state index in [4.69, 9.17) is 14.2 Å². The van der Waals surface area contributed by atoms with Gasteiger partial charge in [0.1, 0.15) is 18.5 Å². The van der Waals surface area contributed by atoms with Crippen LogP contribution < -0.4 is 4.74 Å². The van der Waals surface area contributed by atoms with E-state index in [0.717, 1.165) is 12.1 Å². The number of aldehydes is 1. The number of carbonyl (C=O) groups excluding carboxylic acids is 1. The first-order valence-corrected chi connectivity index (χ1v) is 6.32. The fourth-order valence-corrected chi connectivity index (χ4v) is 2.01. The van der Waals surface area contributed by atoms with Gasteiger partial charge < -0.3 is 14.2 Å². The molecule has 21 heavy (non-hydrogen) atoms. The molecule has 0 amide bonds. The van der Waals surface area contributed by atoms with Crippen LogP contribution in [0.25, 0.3) is 0 Å². The summed E-state index contributed by atoms with van der Waals surface area (Å²) in [5.74, 6) is -0.687. The van der Waals surface area contributed by atoms with Crippen molar-refractivity contribution in [1.29, 1.82) is 0 Å². The Balaban J connectivity index is 2.06. The molecule has 1 atom stereocenters. The summed E-state index contributed by atoms with van der Waals surface area (Å²) in [6, 6.07) is 3.21. The largest absolute Gasteiger partial charge is 0.491 e. The Hall–Kier alpha value is -1.60. The minimum Gasteiger partial charge on any atom is -0.491 e. The van der Waals surface area contributed by atoms with Crippen molar-refractivity contribution in [2.24, 2.45) is 0 Å². The van der Waals surface area contributed by atoms with Gasteiger partial charge >= 0.3 is 6.18 Å². The molecule has 0 radical (unpaired) electrons. The highest BCUT2D eigenvalue weighted by Gasteiger charge is 2.35. The lowest BCUT2D eigenvalue weighted by Gasteiger charge is -2.17. The SMILES string of the molecule is CC1(C)OCC(COc2ccc(C=O)c(C(F)(F)F)c2)O1. The van der Waals surface area contributed by atoms with Crippen molar-refractivity contribution in [3.63, 3.8) is 0 Å². The molecule has 1 unspecified atom stereocenters. The number of ether oxygens (including phenoxy) is 3. The number of hydrogen-bond acceptors (Lipinski definition) is 4. The van der Waals surface area contributed by atoms with E-state index >= 15 is 0 Å². The van der Waals surface area contributed by atoms with Gasteiger partial charge in [0.25, 0.3) is 0 Å². The predicted molar refractivity (Wildman–Crippen MR) is 67.2 cm³/mol. The molecular formula is C14H15F3O4. The molecule has 0 aromatic heterocycles. The molecule has 4 nitrogen and oxygen atoms in total. The number of hydrogen-bond donors (Lipinski definition) is 0. The predicted octanol–water partition coefficient (Wildman–Crippen LogP) is 3.05. The van der Waals surface area contributed by atoms with Crippen molar-refractivity contribution in [1.82, 2.24) is 0 Å². The van der Waals surface area contributed by atoms with E-state index in [9.17, 15) is 18.0 Å². The molecule has 1 aromatic carbocycles. The topological polar surface area (TPSA) is 44.8 Å². The Morgan fingerprint density at radius 2 is 2.14 bits per heavy atom. The number of halogens is 3. The zero-order chi connectivity index (χ0) is 15.7. The number of benzene rings is 1. The van der Waals surface area contributed by atoms with E-state index in [1.165, 1.54) is 6.07 Å². The van der Waals surface area contributed by atoms with Gasteiger partial charge in [-0.2, -0.15) is 13.2 Å². The normalized spacial score (nSPS) is 21.3. The van der Waals surface area contributed by atoms with E-state index in [1.807, 2.05) is 0 Å². The maximum atomic E-state index is 12.8.